The number of halogens is 1. The van der Waals surface area contributed by atoms with E-state index in [4.69, 9.17) is 16.3 Å². The first-order chi connectivity index (χ1) is 14.6. The Morgan fingerprint density at radius 2 is 1.77 bits per heavy atom. The maximum atomic E-state index is 11.7. The first-order valence-corrected chi connectivity index (χ1v) is 10.7. The highest BCUT2D eigenvalue weighted by molar-refractivity contribution is 6.31. The van der Waals surface area contributed by atoms with E-state index in [1.54, 1.807) is 7.05 Å². The van der Waals surface area contributed by atoms with Crippen LogP contribution in [-0.4, -0.2) is 44.7 Å². The van der Waals surface area contributed by atoms with Gasteiger partial charge in [-0.2, -0.15) is 0 Å². The van der Waals surface area contributed by atoms with Crippen molar-refractivity contribution in [3.05, 3.63) is 64.7 Å². The van der Waals surface area contributed by atoms with Crippen LogP contribution in [0.5, 0.6) is 5.75 Å². The summed E-state index contributed by atoms with van der Waals surface area (Å²) in [4.78, 5) is 15.9. The summed E-state index contributed by atoms with van der Waals surface area (Å²) >= 11 is 6.19. The van der Waals surface area contributed by atoms with Gasteiger partial charge in [-0.15, -0.1) is 0 Å². The summed E-state index contributed by atoms with van der Waals surface area (Å²) in [7, 11) is 1.76. The molecule has 2 aromatic rings. The van der Waals surface area contributed by atoms with Crippen LogP contribution in [0.25, 0.3) is 0 Å². The van der Waals surface area contributed by atoms with Crippen LogP contribution < -0.4 is 20.7 Å². The third kappa shape index (κ3) is 7.59. The molecule has 30 heavy (non-hydrogen) atoms. The van der Waals surface area contributed by atoms with Crippen LogP contribution in [0.1, 0.15) is 24.0 Å². The van der Waals surface area contributed by atoms with Gasteiger partial charge >= 0.3 is 0 Å². The number of hydrogen-bond acceptors (Lipinski definition) is 3. The number of carbonyl (C=O) groups is 1. The molecule has 7 heteroatoms. The molecule has 0 unspecified atom stereocenters. The first kappa shape index (κ1) is 22.0. The topological polar surface area (TPSA) is 74.8 Å². The zero-order chi connectivity index (χ0) is 21.2. The Bertz CT molecular complexity index is 851. The van der Waals surface area contributed by atoms with Crippen molar-refractivity contribution in [3.8, 4) is 5.75 Å². The van der Waals surface area contributed by atoms with E-state index < -0.39 is 0 Å². The molecule has 1 aliphatic carbocycles. The lowest BCUT2D eigenvalue weighted by Crippen LogP contribution is -2.39. The normalized spacial score (nSPS) is 13.6. The number of hydrogen-bond donors (Lipinski definition) is 3. The van der Waals surface area contributed by atoms with Crippen LogP contribution in [0, 0.1) is 0 Å². The van der Waals surface area contributed by atoms with Crippen LogP contribution in [0.4, 0.5) is 0 Å². The summed E-state index contributed by atoms with van der Waals surface area (Å²) in [5.41, 5.74) is 2.30. The lowest BCUT2D eigenvalue weighted by Gasteiger charge is -2.12. The predicted octanol–water partition coefficient (Wildman–Crippen LogP) is 2.95. The molecule has 0 radical (unpaired) electrons. The van der Waals surface area contributed by atoms with Crippen LogP contribution in [0.2, 0.25) is 5.02 Å². The second kappa shape index (κ2) is 11.5. The molecule has 3 N–H and O–H groups in total. The Hall–Kier alpha value is -2.73. The lowest BCUT2D eigenvalue weighted by atomic mass is 10.1. The minimum Gasteiger partial charge on any atom is -0.484 e. The fourth-order valence-corrected chi connectivity index (χ4v) is 3.19. The van der Waals surface area contributed by atoms with Crippen molar-refractivity contribution in [1.29, 1.82) is 0 Å². The maximum absolute atomic E-state index is 11.7. The monoisotopic (exact) mass is 428 g/mol. The molecule has 0 saturated heterocycles. The second-order valence-electron chi connectivity index (χ2n) is 7.29. The molecule has 0 spiro atoms. The number of nitrogens with zero attached hydrogens (tertiary/aromatic N) is 1. The molecule has 0 aromatic heterocycles. The molecular formula is C23H29ClN4O2. The van der Waals surface area contributed by atoms with Gasteiger partial charge in [0.2, 0.25) is 0 Å². The van der Waals surface area contributed by atoms with E-state index in [0.717, 1.165) is 55.3 Å². The molecule has 160 valence electrons. The van der Waals surface area contributed by atoms with E-state index in [0.29, 0.717) is 11.8 Å². The quantitative estimate of drug-likeness (QED) is 0.402. The summed E-state index contributed by atoms with van der Waals surface area (Å²) in [5.74, 6) is 1.41. The number of benzene rings is 2. The van der Waals surface area contributed by atoms with Crippen LogP contribution in [0.3, 0.4) is 0 Å². The van der Waals surface area contributed by atoms with Crippen LogP contribution in [-0.2, 0) is 17.6 Å². The van der Waals surface area contributed by atoms with Gasteiger partial charge < -0.3 is 20.7 Å². The molecule has 0 bridgehead atoms. The van der Waals surface area contributed by atoms with Gasteiger partial charge in [0.05, 0.1) is 0 Å². The first-order valence-electron chi connectivity index (χ1n) is 10.3. The third-order valence-corrected chi connectivity index (χ3v) is 5.18. The highest BCUT2D eigenvalue weighted by Crippen LogP contribution is 2.18. The van der Waals surface area contributed by atoms with Gasteiger partial charge in [-0.05, 0) is 55.0 Å². The van der Waals surface area contributed by atoms with Crippen molar-refractivity contribution in [2.45, 2.75) is 31.7 Å². The van der Waals surface area contributed by atoms with Gasteiger partial charge in [0.1, 0.15) is 5.75 Å². The molecule has 1 saturated carbocycles. The molecule has 1 amide bonds. The Kier molecular flexibility index (Phi) is 8.39. The Morgan fingerprint density at radius 1 is 1.07 bits per heavy atom. The van der Waals surface area contributed by atoms with Crippen molar-refractivity contribution < 1.29 is 9.53 Å². The Morgan fingerprint density at radius 3 is 2.43 bits per heavy atom. The molecule has 0 heterocycles. The Balaban J connectivity index is 1.33. The third-order valence-electron chi connectivity index (χ3n) is 4.81. The number of amides is 1. The van der Waals surface area contributed by atoms with Crippen molar-refractivity contribution in [3.63, 3.8) is 0 Å². The number of carbonyl (C=O) groups excluding carboxylic acids is 1. The molecule has 1 fully saturated rings. The minimum atomic E-state index is -0.0563. The minimum absolute atomic E-state index is 0.0563. The van der Waals surface area contributed by atoms with Crippen molar-refractivity contribution in [1.82, 2.24) is 16.0 Å². The highest BCUT2D eigenvalue weighted by atomic mass is 35.5. The summed E-state index contributed by atoms with van der Waals surface area (Å²) < 4.78 is 5.53. The Labute approximate surface area is 183 Å². The SMILES string of the molecule is CN=C(NCCc1ccc(OCC(=O)NC2CC2)cc1)NCCc1ccccc1Cl. The number of nitrogens with one attached hydrogen (secondary N) is 3. The van der Waals surface area contributed by atoms with Gasteiger partial charge in [-0.1, -0.05) is 41.9 Å². The molecule has 1 aliphatic rings. The molecular weight excluding hydrogens is 400 g/mol. The van der Waals surface area contributed by atoms with E-state index in [-0.39, 0.29) is 12.5 Å². The fraction of sp³-hybridized carbons (Fsp3) is 0.391. The van der Waals surface area contributed by atoms with Gasteiger partial charge in [-0.3, -0.25) is 9.79 Å². The predicted molar refractivity (Wildman–Crippen MR) is 121 cm³/mol. The standard InChI is InChI=1S/C23H29ClN4O2/c1-25-23(27-15-13-18-4-2-3-5-21(18)24)26-14-12-17-6-10-20(11-7-17)30-16-22(29)28-19-8-9-19/h2-7,10-11,19H,8-9,12-16H2,1H3,(H,28,29)(H2,25,26,27). The summed E-state index contributed by atoms with van der Waals surface area (Å²) in [6.45, 7) is 1.58. The van der Waals surface area contributed by atoms with E-state index in [9.17, 15) is 4.79 Å². The molecule has 3 rings (SSSR count). The van der Waals surface area contributed by atoms with Crippen LogP contribution >= 0.6 is 11.6 Å². The number of rotatable bonds is 10. The highest BCUT2D eigenvalue weighted by Gasteiger charge is 2.23. The van der Waals surface area contributed by atoms with Crippen LogP contribution in [0.15, 0.2) is 53.5 Å². The summed E-state index contributed by atoms with van der Waals surface area (Å²) in [6, 6.07) is 16.1. The number of aliphatic imine (C=N–C) groups is 1. The average molecular weight is 429 g/mol. The fourth-order valence-electron chi connectivity index (χ4n) is 2.96. The number of ether oxygens (including phenoxy) is 1. The summed E-state index contributed by atoms with van der Waals surface area (Å²) in [5, 5.41) is 10.3. The average Bonchev–Trinajstić information content (AvgIpc) is 3.57. The van der Waals surface area contributed by atoms with Gasteiger partial charge in [-0.25, -0.2) is 0 Å². The summed E-state index contributed by atoms with van der Waals surface area (Å²) in [6.07, 6.45) is 3.85. The van der Waals surface area contributed by atoms with Crippen molar-refractivity contribution in [2.24, 2.45) is 4.99 Å². The van der Waals surface area contributed by atoms with Gasteiger partial charge in [0, 0.05) is 31.2 Å². The second-order valence-corrected chi connectivity index (χ2v) is 7.70. The van der Waals surface area contributed by atoms with Crippen molar-refractivity contribution in [2.75, 3.05) is 26.7 Å². The lowest BCUT2D eigenvalue weighted by molar-refractivity contribution is -0.123. The maximum Gasteiger partial charge on any atom is 0.258 e. The van der Waals surface area contributed by atoms with Crippen molar-refractivity contribution >= 4 is 23.5 Å². The zero-order valence-electron chi connectivity index (χ0n) is 17.3. The molecule has 0 atom stereocenters. The van der Waals surface area contributed by atoms with Gasteiger partial charge in [0.25, 0.3) is 5.91 Å². The largest absolute Gasteiger partial charge is 0.484 e. The van der Waals surface area contributed by atoms with E-state index in [1.165, 1.54) is 5.56 Å². The molecule has 6 nitrogen and oxygen atoms in total. The van der Waals surface area contributed by atoms with Gasteiger partial charge in [0.15, 0.2) is 12.6 Å². The van der Waals surface area contributed by atoms with E-state index >= 15 is 0 Å². The molecule has 0 aliphatic heterocycles. The molecule has 2 aromatic carbocycles. The van der Waals surface area contributed by atoms with E-state index in [2.05, 4.69) is 20.9 Å². The zero-order valence-corrected chi connectivity index (χ0v) is 18.0. The van der Waals surface area contributed by atoms with E-state index in [1.807, 2.05) is 48.5 Å². The number of guanidine groups is 1. The smallest absolute Gasteiger partial charge is 0.258 e.